The minimum absolute atomic E-state index is 0. The van der Waals surface area contributed by atoms with Crippen LogP contribution in [0.2, 0.25) is 0 Å². The Morgan fingerprint density at radius 1 is 1.23 bits per heavy atom. The molecule has 4 nitrogen and oxygen atoms in total. The van der Waals surface area contributed by atoms with Gasteiger partial charge in [-0.1, -0.05) is 30.3 Å². The average molecular weight is 491 g/mol. The molecule has 1 heterocycles. The van der Waals surface area contributed by atoms with Gasteiger partial charge < -0.3 is 10.2 Å². The lowest BCUT2D eigenvalue weighted by atomic mass is 9.90. The number of benzene rings is 1. The summed E-state index contributed by atoms with van der Waals surface area (Å²) in [6, 6.07) is 10.8. The van der Waals surface area contributed by atoms with Crippen LogP contribution < -0.4 is 5.32 Å². The van der Waals surface area contributed by atoms with E-state index in [4.69, 9.17) is 0 Å². The molecule has 0 saturated carbocycles. The van der Waals surface area contributed by atoms with Crippen LogP contribution in [0.3, 0.4) is 0 Å². The minimum atomic E-state index is -0.825. The molecule has 0 amide bonds. The normalized spacial score (nSPS) is 17.5. The third-order valence-electron chi connectivity index (χ3n) is 4.75. The van der Waals surface area contributed by atoms with E-state index >= 15 is 0 Å². The molecule has 0 spiro atoms. The molecule has 6 heteroatoms. The molecule has 0 aromatic heterocycles. The van der Waals surface area contributed by atoms with Crippen molar-refractivity contribution in [3.63, 3.8) is 0 Å². The molecule has 1 aromatic carbocycles. The third kappa shape index (κ3) is 7.55. The lowest BCUT2D eigenvalue weighted by molar-refractivity contribution is 0.259. The molecule has 1 N–H and O–H groups in total. The number of hydrogen-bond donors (Lipinski definition) is 1. The monoisotopic (exact) mass is 491 g/mol. The highest BCUT2D eigenvalue weighted by atomic mass is 127. The number of nitrogens with one attached hydrogen (secondary N) is 1. The topological polar surface area (TPSA) is 44.7 Å². The molecule has 148 valence electrons. The lowest BCUT2D eigenvalue weighted by Gasteiger charge is -2.34. The number of aliphatic imine (C=N–C) groups is 1. The van der Waals surface area contributed by atoms with E-state index in [1.165, 1.54) is 24.8 Å². The second-order valence-corrected chi connectivity index (χ2v) is 10.1. The van der Waals surface area contributed by atoms with E-state index < -0.39 is 10.8 Å². The number of halogens is 1. The number of likely N-dealkylation sites (tertiary alicyclic amines) is 1. The summed E-state index contributed by atoms with van der Waals surface area (Å²) in [7, 11) is 1.01. The van der Waals surface area contributed by atoms with Gasteiger partial charge in [0.25, 0.3) is 0 Å². The fraction of sp³-hybridized carbons (Fsp3) is 0.650. The van der Waals surface area contributed by atoms with Gasteiger partial charge in [0.1, 0.15) is 0 Å². The van der Waals surface area contributed by atoms with Crippen molar-refractivity contribution in [2.45, 2.75) is 44.8 Å². The van der Waals surface area contributed by atoms with Crippen molar-refractivity contribution in [1.29, 1.82) is 0 Å². The smallest absolute Gasteiger partial charge is 0.193 e. The van der Waals surface area contributed by atoms with E-state index in [1.807, 2.05) is 27.8 Å². The molecular weight excluding hydrogens is 457 g/mol. The van der Waals surface area contributed by atoms with Crippen LogP contribution >= 0.6 is 24.0 Å². The Balaban J connectivity index is 0.00000338. The van der Waals surface area contributed by atoms with Crippen LogP contribution in [-0.4, -0.2) is 52.3 Å². The summed E-state index contributed by atoms with van der Waals surface area (Å²) in [4.78, 5) is 6.75. The SMILES string of the molecule is CN=C(NCCS(=O)C(C)(C)C)N1CCC(Cc2ccccc2)CC1.I. The predicted molar refractivity (Wildman–Crippen MR) is 124 cm³/mol. The van der Waals surface area contributed by atoms with Crippen molar-refractivity contribution >= 4 is 40.7 Å². The van der Waals surface area contributed by atoms with Crippen molar-refractivity contribution < 1.29 is 4.21 Å². The quantitative estimate of drug-likeness (QED) is 0.388. The Morgan fingerprint density at radius 3 is 2.38 bits per heavy atom. The summed E-state index contributed by atoms with van der Waals surface area (Å²) >= 11 is 0. The molecule has 2 rings (SSSR count). The Bertz CT molecular complexity index is 578. The highest BCUT2D eigenvalue weighted by molar-refractivity contribution is 14.0. The van der Waals surface area contributed by atoms with Gasteiger partial charge in [-0.2, -0.15) is 0 Å². The van der Waals surface area contributed by atoms with Crippen LogP contribution in [0, 0.1) is 5.92 Å². The van der Waals surface area contributed by atoms with E-state index in [-0.39, 0.29) is 28.7 Å². The lowest BCUT2D eigenvalue weighted by Crippen LogP contribution is -2.47. The largest absolute Gasteiger partial charge is 0.355 e. The second-order valence-electron chi connectivity index (χ2n) is 7.76. The first-order valence-electron chi connectivity index (χ1n) is 9.28. The van der Waals surface area contributed by atoms with Crippen molar-refractivity contribution in [1.82, 2.24) is 10.2 Å². The highest BCUT2D eigenvalue weighted by Gasteiger charge is 2.22. The summed E-state index contributed by atoms with van der Waals surface area (Å²) in [5.74, 6) is 2.36. The van der Waals surface area contributed by atoms with Crippen molar-refractivity contribution in [2.24, 2.45) is 10.9 Å². The molecule has 1 aromatic rings. The summed E-state index contributed by atoms with van der Waals surface area (Å²) in [5.41, 5.74) is 1.44. The first-order valence-corrected chi connectivity index (χ1v) is 10.6. The number of piperidine rings is 1. The standard InChI is InChI=1S/C20H33N3OS.HI/c1-20(2,3)25(24)15-12-22-19(21-4)23-13-10-18(11-14-23)16-17-8-6-5-7-9-17;/h5-9,18H,10-16H2,1-4H3,(H,21,22);1H. The van der Waals surface area contributed by atoms with Crippen molar-refractivity contribution in [2.75, 3.05) is 32.4 Å². The van der Waals surface area contributed by atoms with Crippen LogP contribution in [0.25, 0.3) is 0 Å². The zero-order valence-corrected chi connectivity index (χ0v) is 19.7. The van der Waals surface area contributed by atoms with E-state index in [0.717, 1.165) is 25.0 Å². The molecule has 1 saturated heterocycles. The van der Waals surface area contributed by atoms with Gasteiger partial charge in [0, 0.05) is 48.0 Å². The van der Waals surface area contributed by atoms with Crippen LogP contribution in [-0.2, 0) is 17.2 Å². The first-order chi connectivity index (χ1) is 11.9. The van der Waals surface area contributed by atoms with E-state index in [2.05, 4.69) is 45.5 Å². The van der Waals surface area contributed by atoms with Crippen molar-refractivity contribution in [3.8, 4) is 0 Å². The maximum absolute atomic E-state index is 12.1. The van der Waals surface area contributed by atoms with Gasteiger partial charge >= 0.3 is 0 Å². The average Bonchev–Trinajstić information content (AvgIpc) is 2.59. The summed E-state index contributed by atoms with van der Waals surface area (Å²) in [6.45, 7) is 8.86. The first kappa shape index (κ1) is 23.4. The predicted octanol–water partition coefficient (Wildman–Crippen LogP) is 3.68. The van der Waals surface area contributed by atoms with E-state index in [0.29, 0.717) is 12.3 Å². The molecule has 1 aliphatic rings. The number of hydrogen-bond acceptors (Lipinski definition) is 2. The molecule has 0 bridgehead atoms. The van der Waals surface area contributed by atoms with Gasteiger partial charge in [-0.15, -0.1) is 24.0 Å². The molecule has 1 aliphatic heterocycles. The summed E-state index contributed by atoms with van der Waals surface area (Å²) in [5, 5.41) is 3.39. The van der Waals surface area contributed by atoms with Gasteiger partial charge in [0.2, 0.25) is 0 Å². The Labute approximate surface area is 178 Å². The van der Waals surface area contributed by atoms with Crippen LogP contribution in [0.5, 0.6) is 0 Å². The molecule has 1 fully saturated rings. The second kappa shape index (κ2) is 11.3. The molecule has 26 heavy (non-hydrogen) atoms. The zero-order chi connectivity index (χ0) is 18.3. The number of nitrogens with zero attached hydrogens (tertiary/aromatic N) is 2. The number of rotatable bonds is 5. The third-order valence-corrected chi connectivity index (χ3v) is 6.69. The van der Waals surface area contributed by atoms with Crippen LogP contribution in [0.1, 0.15) is 39.2 Å². The van der Waals surface area contributed by atoms with Gasteiger partial charge in [-0.05, 0) is 51.5 Å². The van der Waals surface area contributed by atoms with Crippen molar-refractivity contribution in [3.05, 3.63) is 35.9 Å². The van der Waals surface area contributed by atoms with Crippen LogP contribution in [0.4, 0.5) is 0 Å². The van der Waals surface area contributed by atoms with Gasteiger partial charge in [-0.25, -0.2) is 0 Å². The Morgan fingerprint density at radius 2 is 1.85 bits per heavy atom. The molecular formula is C20H34IN3OS. The van der Waals surface area contributed by atoms with Crippen LogP contribution in [0.15, 0.2) is 35.3 Å². The van der Waals surface area contributed by atoms with E-state index in [9.17, 15) is 4.21 Å². The Hall–Kier alpha value is -0.630. The van der Waals surface area contributed by atoms with Gasteiger partial charge in [0.15, 0.2) is 5.96 Å². The molecule has 0 radical (unpaired) electrons. The molecule has 1 atom stereocenters. The Kier molecular flexibility index (Phi) is 10.1. The zero-order valence-electron chi connectivity index (χ0n) is 16.5. The molecule has 1 unspecified atom stereocenters. The summed E-state index contributed by atoms with van der Waals surface area (Å²) in [6.07, 6.45) is 3.57. The van der Waals surface area contributed by atoms with E-state index in [1.54, 1.807) is 0 Å². The van der Waals surface area contributed by atoms with Gasteiger partial charge in [0.05, 0.1) is 0 Å². The minimum Gasteiger partial charge on any atom is -0.355 e. The highest BCUT2D eigenvalue weighted by Crippen LogP contribution is 2.21. The fourth-order valence-corrected chi connectivity index (χ4v) is 4.09. The van der Waals surface area contributed by atoms with Gasteiger partial charge in [-0.3, -0.25) is 9.20 Å². The maximum atomic E-state index is 12.1. The maximum Gasteiger partial charge on any atom is 0.193 e. The summed E-state index contributed by atoms with van der Waals surface area (Å²) < 4.78 is 12.0. The fourth-order valence-electron chi connectivity index (χ4n) is 3.19. The number of guanidine groups is 1. The molecule has 0 aliphatic carbocycles.